The monoisotopic (exact) mass is 239 g/mol. The van der Waals surface area contributed by atoms with Crippen LogP contribution in [0.1, 0.15) is 31.4 Å². The van der Waals surface area contributed by atoms with Gasteiger partial charge in [0, 0.05) is 16.6 Å². The first-order chi connectivity index (χ1) is 6.17. The minimum Gasteiger partial charge on any atom is -0.303 e. The van der Waals surface area contributed by atoms with Crippen molar-refractivity contribution in [2.75, 3.05) is 0 Å². The van der Waals surface area contributed by atoms with Crippen LogP contribution in [0.4, 0.5) is 0 Å². The highest BCUT2D eigenvalue weighted by molar-refractivity contribution is 9.10. The molecule has 0 aliphatic carbocycles. The lowest BCUT2D eigenvalue weighted by Crippen LogP contribution is -2.31. The Morgan fingerprint density at radius 2 is 2.31 bits per heavy atom. The van der Waals surface area contributed by atoms with Crippen LogP contribution >= 0.6 is 15.9 Å². The van der Waals surface area contributed by atoms with E-state index in [0.717, 1.165) is 13.0 Å². The van der Waals surface area contributed by atoms with Crippen LogP contribution in [0, 0.1) is 0 Å². The van der Waals surface area contributed by atoms with Crippen LogP contribution < -0.4 is 5.32 Å². The maximum absolute atomic E-state index is 3.59. The third kappa shape index (κ3) is 1.32. The van der Waals surface area contributed by atoms with Crippen molar-refractivity contribution in [3.8, 4) is 0 Å². The van der Waals surface area contributed by atoms with Gasteiger partial charge < -0.3 is 5.32 Å². The van der Waals surface area contributed by atoms with Crippen molar-refractivity contribution in [1.29, 1.82) is 0 Å². The molecule has 0 spiro atoms. The van der Waals surface area contributed by atoms with Gasteiger partial charge in [-0.05, 0) is 30.5 Å². The van der Waals surface area contributed by atoms with E-state index in [-0.39, 0.29) is 5.54 Å². The number of benzene rings is 1. The van der Waals surface area contributed by atoms with Crippen LogP contribution in [-0.2, 0) is 12.1 Å². The van der Waals surface area contributed by atoms with E-state index in [9.17, 15) is 0 Å². The van der Waals surface area contributed by atoms with E-state index >= 15 is 0 Å². The summed E-state index contributed by atoms with van der Waals surface area (Å²) in [6.07, 6.45) is 1.14. The van der Waals surface area contributed by atoms with Crippen molar-refractivity contribution in [1.82, 2.24) is 5.32 Å². The minimum absolute atomic E-state index is 0.180. The molecule has 0 radical (unpaired) electrons. The van der Waals surface area contributed by atoms with E-state index in [0.29, 0.717) is 0 Å². The first-order valence-corrected chi connectivity index (χ1v) is 5.49. The predicted molar refractivity (Wildman–Crippen MR) is 58.6 cm³/mol. The number of hydrogen-bond acceptors (Lipinski definition) is 1. The van der Waals surface area contributed by atoms with Gasteiger partial charge in [0.1, 0.15) is 0 Å². The summed E-state index contributed by atoms with van der Waals surface area (Å²) in [5, 5.41) is 3.56. The maximum atomic E-state index is 3.59. The molecule has 2 heteroatoms. The van der Waals surface area contributed by atoms with Crippen molar-refractivity contribution in [2.45, 2.75) is 32.4 Å². The van der Waals surface area contributed by atoms with Crippen LogP contribution in [0.3, 0.4) is 0 Å². The van der Waals surface area contributed by atoms with Crippen molar-refractivity contribution in [3.05, 3.63) is 33.8 Å². The highest BCUT2D eigenvalue weighted by atomic mass is 79.9. The number of rotatable bonds is 1. The number of fused-ring (bicyclic) bond motifs is 1. The van der Waals surface area contributed by atoms with Gasteiger partial charge in [-0.1, -0.05) is 35.0 Å². The number of halogens is 1. The van der Waals surface area contributed by atoms with Gasteiger partial charge in [0.25, 0.3) is 0 Å². The van der Waals surface area contributed by atoms with Crippen LogP contribution in [0.15, 0.2) is 22.7 Å². The van der Waals surface area contributed by atoms with Crippen LogP contribution in [-0.4, -0.2) is 0 Å². The van der Waals surface area contributed by atoms with Gasteiger partial charge in [-0.25, -0.2) is 0 Å². The molecule has 0 saturated carbocycles. The molecule has 1 atom stereocenters. The second kappa shape index (κ2) is 3.10. The Morgan fingerprint density at radius 3 is 3.00 bits per heavy atom. The molecule has 1 aliphatic heterocycles. The average Bonchev–Trinajstić information content (AvgIpc) is 2.47. The van der Waals surface area contributed by atoms with Gasteiger partial charge in [0.15, 0.2) is 0 Å². The molecule has 0 bridgehead atoms. The molecule has 1 aromatic carbocycles. The van der Waals surface area contributed by atoms with Crippen molar-refractivity contribution in [2.24, 2.45) is 0 Å². The maximum Gasteiger partial charge on any atom is 0.0409 e. The van der Waals surface area contributed by atoms with E-state index in [1.54, 1.807) is 0 Å². The standard InChI is InChI=1S/C11H14BrN/c1-3-11(2)9-5-4-6-10(12)8(9)7-13-11/h4-6,13H,3,7H2,1-2H3. The second-order valence-corrected chi connectivity index (χ2v) is 4.66. The van der Waals surface area contributed by atoms with Crippen LogP contribution in [0.5, 0.6) is 0 Å². The summed E-state index contributed by atoms with van der Waals surface area (Å²) in [5.74, 6) is 0. The fourth-order valence-corrected chi connectivity index (χ4v) is 2.46. The average molecular weight is 240 g/mol. The first kappa shape index (κ1) is 9.22. The minimum atomic E-state index is 0.180. The van der Waals surface area contributed by atoms with Gasteiger partial charge in [0.2, 0.25) is 0 Å². The summed E-state index contributed by atoms with van der Waals surface area (Å²) in [6.45, 7) is 5.48. The zero-order valence-electron chi connectivity index (χ0n) is 8.02. The molecule has 70 valence electrons. The summed E-state index contributed by atoms with van der Waals surface area (Å²) >= 11 is 3.59. The third-order valence-electron chi connectivity index (χ3n) is 3.08. The second-order valence-electron chi connectivity index (χ2n) is 3.81. The molecule has 0 saturated heterocycles. The summed E-state index contributed by atoms with van der Waals surface area (Å²) in [7, 11) is 0. The summed E-state index contributed by atoms with van der Waals surface area (Å²) in [6, 6.07) is 6.45. The van der Waals surface area contributed by atoms with E-state index in [1.165, 1.54) is 15.6 Å². The molecule has 1 aliphatic rings. The summed E-state index contributed by atoms with van der Waals surface area (Å²) < 4.78 is 1.23. The molecule has 1 heterocycles. The molecular weight excluding hydrogens is 226 g/mol. The third-order valence-corrected chi connectivity index (χ3v) is 3.82. The summed E-state index contributed by atoms with van der Waals surface area (Å²) in [5.41, 5.74) is 3.05. The fraction of sp³-hybridized carbons (Fsp3) is 0.455. The van der Waals surface area contributed by atoms with Crippen molar-refractivity contribution >= 4 is 15.9 Å². The molecule has 2 rings (SSSR count). The largest absolute Gasteiger partial charge is 0.303 e. The molecule has 0 fully saturated rings. The Labute approximate surface area is 87.7 Å². The first-order valence-electron chi connectivity index (χ1n) is 4.70. The SMILES string of the molecule is CCC1(C)NCc2c(Br)cccc21. The smallest absolute Gasteiger partial charge is 0.0409 e. The van der Waals surface area contributed by atoms with Gasteiger partial charge in [-0.15, -0.1) is 0 Å². The highest BCUT2D eigenvalue weighted by Gasteiger charge is 2.32. The van der Waals surface area contributed by atoms with E-state index < -0.39 is 0 Å². The normalized spacial score (nSPS) is 26.1. The van der Waals surface area contributed by atoms with Gasteiger partial charge in [0.05, 0.1) is 0 Å². The molecular formula is C11H14BrN. The Kier molecular flexibility index (Phi) is 2.20. The fourth-order valence-electron chi connectivity index (χ4n) is 1.95. The molecule has 1 aromatic rings. The number of nitrogens with one attached hydrogen (secondary N) is 1. The van der Waals surface area contributed by atoms with E-state index in [1.807, 2.05) is 0 Å². The van der Waals surface area contributed by atoms with Gasteiger partial charge in [-0.3, -0.25) is 0 Å². The predicted octanol–water partition coefficient (Wildman–Crippen LogP) is 3.18. The van der Waals surface area contributed by atoms with Gasteiger partial charge >= 0.3 is 0 Å². The Hall–Kier alpha value is -0.340. The van der Waals surface area contributed by atoms with Gasteiger partial charge in [-0.2, -0.15) is 0 Å². The van der Waals surface area contributed by atoms with Crippen LogP contribution in [0.25, 0.3) is 0 Å². The lowest BCUT2D eigenvalue weighted by molar-refractivity contribution is 0.386. The highest BCUT2D eigenvalue weighted by Crippen LogP contribution is 2.36. The zero-order valence-corrected chi connectivity index (χ0v) is 9.61. The lowest BCUT2D eigenvalue weighted by atomic mass is 9.90. The molecule has 1 unspecified atom stereocenters. The number of hydrogen-bond donors (Lipinski definition) is 1. The van der Waals surface area contributed by atoms with Crippen molar-refractivity contribution < 1.29 is 0 Å². The molecule has 0 aromatic heterocycles. The molecule has 1 N–H and O–H groups in total. The Bertz CT molecular complexity index is 335. The lowest BCUT2D eigenvalue weighted by Gasteiger charge is -2.23. The molecule has 13 heavy (non-hydrogen) atoms. The topological polar surface area (TPSA) is 12.0 Å². The van der Waals surface area contributed by atoms with Crippen molar-refractivity contribution in [3.63, 3.8) is 0 Å². The molecule has 0 amide bonds. The Balaban J connectivity index is 2.55. The van der Waals surface area contributed by atoms with Crippen LogP contribution in [0.2, 0.25) is 0 Å². The Morgan fingerprint density at radius 1 is 1.54 bits per heavy atom. The quantitative estimate of drug-likeness (QED) is 0.794. The summed E-state index contributed by atoms with van der Waals surface area (Å²) in [4.78, 5) is 0. The molecule has 1 nitrogen and oxygen atoms in total. The zero-order chi connectivity index (χ0) is 9.47. The van der Waals surface area contributed by atoms with E-state index in [2.05, 4.69) is 53.3 Å². The van der Waals surface area contributed by atoms with E-state index in [4.69, 9.17) is 0 Å².